The topological polar surface area (TPSA) is 55.1 Å². The molecule has 25 heavy (non-hydrogen) atoms. The molecule has 0 heterocycles. The summed E-state index contributed by atoms with van der Waals surface area (Å²) in [5.74, 6) is -0.862. The van der Waals surface area contributed by atoms with Crippen LogP contribution in [-0.4, -0.2) is 11.9 Å². The Bertz CT molecular complexity index is 661. The minimum Gasteiger partial charge on any atom is -0.345 e. The first-order chi connectivity index (χ1) is 11.5. The lowest BCUT2D eigenvalue weighted by atomic mass is 9.97. The molecular weight excluding hydrogens is 346 g/mol. The van der Waals surface area contributed by atoms with Gasteiger partial charge in [0.05, 0.1) is 6.04 Å². The van der Waals surface area contributed by atoms with Crippen LogP contribution in [0.1, 0.15) is 36.4 Å². The molecule has 134 valence electrons. The van der Waals surface area contributed by atoms with E-state index in [1.807, 2.05) is 0 Å². The number of hydrogen-bond acceptors (Lipinski definition) is 2. The fourth-order valence-corrected chi connectivity index (χ4v) is 3.18. The Kier molecular flexibility index (Phi) is 6.51. The highest BCUT2D eigenvalue weighted by Crippen LogP contribution is 2.27. The van der Waals surface area contributed by atoms with E-state index in [-0.39, 0.29) is 41.9 Å². The summed E-state index contributed by atoms with van der Waals surface area (Å²) in [6.45, 7) is 0. The van der Waals surface area contributed by atoms with E-state index in [1.54, 1.807) is 24.3 Å². The Labute approximate surface area is 152 Å². The van der Waals surface area contributed by atoms with Crippen molar-refractivity contribution >= 4 is 18.3 Å². The maximum atomic E-state index is 13.2. The lowest BCUT2D eigenvalue weighted by molar-refractivity contribution is -0.125. The van der Waals surface area contributed by atoms with Crippen LogP contribution in [0, 0.1) is 17.6 Å². The Morgan fingerprint density at radius 3 is 1.84 bits per heavy atom. The van der Waals surface area contributed by atoms with E-state index in [2.05, 4.69) is 5.32 Å². The second kappa shape index (κ2) is 8.41. The molecule has 1 aliphatic rings. The van der Waals surface area contributed by atoms with Crippen molar-refractivity contribution in [1.82, 2.24) is 5.32 Å². The van der Waals surface area contributed by atoms with Crippen LogP contribution < -0.4 is 11.1 Å². The number of nitrogens with one attached hydrogen (secondary N) is 1. The second-order valence-corrected chi connectivity index (χ2v) is 6.31. The van der Waals surface area contributed by atoms with Crippen molar-refractivity contribution in [3.8, 4) is 0 Å². The minimum absolute atomic E-state index is 0. The van der Waals surface area contributed by atoms with Crippen molar-refractivity contribution < 1.29 is 13.6 Å². The summed E-state index contributed by atoms with van der Waals surface area (Å²) >= 11 is 0. The molecule has 0 radical (unpaired) electrons. The molecule has 0 aromatic heterocycles. The first kappa shape index (κ1) is 19.3. The zero-order chi connectivity index (χ0) is 17.1. The smallest absolute Gasteiger partial charge is 0.223 e. The van der Waals surface area contributed by atoms with E-state index in [4.69, 9.17) is 5.73 Å². The van der Waals surface area contributed by atoms with Crippen molar-refractivity contribution in [2.24, 2.45) is 11.7 Å². The normalized spacial score (nSPS) is 19.5. The van der Waals surface area contributed by atoms with E-state index in [0.717, 1.165) is 24.0 Å². The van der Waals surface area contributed by atoms with Gasteiger partial charge in [-0.1, -0.05) is 24.3 Å². The van der Waals surface area contributed by atoms with Gasteiger partial charge in [-0.25, -0.2) is 8.78 Å². The molecule has 2 atom stereocenters. The number of carbonyl (C=O) groups is 1. The number of benzene rings is 2. The summed E-state index contributed by atoms with van der Waals surface area (Å²) in [6.07, 6.45) is 2.29. The third-order valence-electron chi connectivity index (χ3n) is 4.54. The number of amides is 1. The molecule has 0 bridgehead atoms. The number of rotatable bonds is 4. The van der Waals surface area contributed by atoms with Crippen LogP contribution in [0.3, 0.4) is 0 Å². The summed E-state index contributed by atoms with van der Waals surface area (Å²) in [6, 6.07) is 11.5. The van der Waals surface area contributed by atoms with Crippen molar-refractivity contribution in [2.45, 2.75) is 31.3 Å². The number of carbonyl (C=O) groups excluding carboxylic acids is 1. The molecule has 2 aromatic rings. The number of hydrogen-bond donors (Lipinski definition) is 2. The van der Waals surface area contributed by atoms with Gasteiger partial charge >= 0.3 is 0 Å². The van der Waals surface area contributed by atoms with Crippen LogP contribution >= 0.6 is 12.4 Å². The van der Waals surface area contributed by atoms with Gasteiger partial charge in [-0.2, -0.15) is 0 Å². The van der Waals surface area contributed by atoms with E-state index in [0.29, 0.717) is 6.42 Å². The zero-order valence-electron chi connectivity index (χ0n) is 13.6. The van der Waals surface area contributed by atoms with Crippen LogP contribution in [0.25, 0.3) is 0 Å². The molecule has 6 heteroatoms. The SMILES string of the molecule is Cl.NC1CCC(C(=O)NC(c2ccc(F)cc2)c2ccc(F)cc2)C1. The number of halogens is 3. The van der Waals surface area contributed by atoms with Crippen LogP contribution in [0.15, 0.2) is 48.5 Å². The standard InChI is InChI=1S/C19H20F2N2O.ClH/c20-15-6-1-12(2-7-15)18(13-3-8-16(21)9-4-13)23-19(24)14-5-10-17(22)11-14;/h1-4,6-9,14,17-18H,5,10-11,22H2,(H,23,24);1H. The molecule has 3 N–H and O–H groups in total. The Hall–Kier alpha value is -1.98. The fraction of sp³-hybridized carbons (Fsp3) is 0.316. The molecule has 1 amide bonds. The van der Waals surface area contributed by atoms with Crippen LogP contribution in [-0.2, 0) is 4.79 Å². The Morgan fingerprint density at radius 2 is 1.44 bits per heavy atom. The van der Waals surface area contributed by atoms with E-state index in [9.17, 15) is 13.6 Å². The predicted octanol–water partition coefficient (Wildman–Crippen LogP) is 3.72. The van der Waals surface area contributed by atoms with Gasteiger partial charge < -0.3 is 11.1 Å². The molecule has 1 aliphatic carbocycles. The summed E-state index contributed by atoms with van der Waals surface area (Å²) < 4.78 is 26.4. The first-order valence-electron chi connectivity index (χ1n) is 8.10. The van der Waals surface area contributed by atoms with Crippen molar-refractivity contribution in [2.75, 3.05) is 0 Å². The monoisotopic (exact) mass is 366 g/mol. The molecule has 0 spiro atoms. The third-order valence-corrected chi connectivity index (χ3v) is 4.54. The molecule has 2 unspecified atom stereocenters. The molecule has 0 saturated heterocycles. The zero-order valence-corrected chi connectivity index (χ0v) is 14.4. The summed E-state index contributed by atoms with van der Waals surface area (Å²) in [5.41, 5.74) is 7.38. The van der Waals surface area contributed by atoms with Gasteiger partial charge in [-0.05, 0) is 54.7 Å². The summed E-state index contributed by atoms with van der Waals surface area (Å²) in [7, 11) is 0. The van der Waals surface area contributed by atoms with Gasteiger partial charge in [-0.15, -0.1) is 12.4 Å². The van der Waals surface area contributed by atoms with Gasteiger partial charge in [0.2, 0.25) is 5.91 Å². The van der Waals surface area contributed by atoms with E-state index in [1.165, 1.54) is 24.3 Å². The molecule has 0 aliphatic heterocycles. The average molecular weight is 367 g/mol. The molecule has 3 rings (SSSR count). The Balaban J connectivity index is 0.00000225. The van der Waals surface area contributed by atoms with Crippen molar-refractivity contribution in [3.05, 3.63) is 71.3 Å². The lowest BCUT2D eigenvalue weighted by Crippen LogP contribution is -2.34. The maximum Gasteiger partial charge on any atom is 0.223 e. The largest absolute Gasteiger partial charge is 0.345 e. The van der Waals surface area contributed by atoms with Crippen LogP contribution in [0.5, 0.6) is 0 Å². The van der Waals surface area contributed by atoms with E-state index >= 15 is 0 Å². The quantitative estimate of drug-likeness (QED) is 0.866. The van der Waals surface area contributed by atoms with Gasteiger partial charge in [0.1, 0.15) is 11.6 Å². The lowest BCUT2D eigenvalue weighted by Gasteiger charge is -2.22. The highest BCUT2D eigenvalue weighted by Gasteiger charge is 2.29. The maximum absolute atomic E-state index is 13.2. The molecular formula is C19H21ClF2N2O. The van der Waals surface area contributed by atoms with Crippen molar-refractivity contribution in [3.63, 3.8) is 0 Å². The molecule has 3 nitrogen and oxygen atoms in total. The third kappa shape index (κ3) is 4.77. The van der Waals surface area contributed by atoms with Gasteiger partial charge in [0.15, 0.2) is 0 Å². The molecule has 1 fully saturated rings. The molecule has 1 saturated carbocycles. The molecule has 2 aromatic carbocycles. The van der Waals surface area contributed by atoms with Crippen molar-refractivity contribution in [1.29, 1.82) is 0 Å². The summed E-state index contributed by atoms with van der Waals surface area (Å²) in [4.78, 5) is 12.6. The Morgan fingerprint density at radius 1 is 0.960 bits per heavy atom. The first-order valence-corrected chi connectivity index (χ1v) is 8.10. The second-order valence-electron chi connectivity index (χ2n) is 6.31. The van der Waals surface area contributed by atoms with E-state index < -0.39 is 6.04 Å². The predicted molar refractivity (Wildman–Crippen MR) is 95.4 cm³/mol. The van der Waals surface area contributed by atoms with Gasteiger partial charge in [-0.3, -0.25) is 4.79 Å². The highest BCUT2D eigenvalue weighted by molar-refractivity contribution is 5.85. The summed E-state index contributed by atoms with van der Waals surface area (Å²) in [5, 5.41) is 3.01. The van der Waals surface area contributed by atoms with Gasteiger partial charge in [0.25, 0.3) is 0 Å². The number of nitrogens with two attached hydrogens (primary N) is 1. The fourth-order valence-electron chi connectivity index (χ4n) is 3.18. The average Bonchev–Trinajstić information content (AvgIpc) is 3.01. The van der Waals surface area contributed by atoms with Crippen LogP contribution in [0.2, 0.25) is 0 Å². The minimum atomic E-state index is -0.449. The van der Waals surface area contributed by atoms with Gasteiger partial charge in [0, 0.05) is 12.0 Å². The van der Waals surface area contributed by atoms with Crippen LogP contribution in [0.4, 0.5) is 8.78 Å². The highest BCUT2D eigenvalue weighted by atomic mass is 35.5.